The van der Waals surface area contributed by atoms with Crippen LogP contribution in [0, 0.1) is 6.92 Å². The third-order valence-corrected chi connectivity index (χ3v) is 6.97. The minimum Gasteiger partial charge on any atom is -0.456 e. The Kier molecular flexibility index (Phi) is 7.63. The zero-order valence-electron chi connectivity index (χ0n) is 19.7. The molecule has 0 fully saturated rings. The van der Waals surface area contributed by atoms with Gasteiger partial charge in [0.15, 0.2) is 0 Å². The summed E-state index contributed by atoms with van der Waals surface area (Å²) in [7, 11) is 0. The Balaban J connectivity index is 1.65. The summed E-state index contributed by atoms with van der Waals surface area (Å²) in [5, 5.41) is 3.19. The number of benzene rings is 2. The highest BCUT2D eigenvalue weighted by Gasteiger charge is 2.41. The van der Waals surface area contributed by atoms with Crippen molar-refractivity contribution in [3.8, 4) is 0 Å². The number of esters is 1. The largest absolute Gasteiger partial charge is 0.513 e. The summed E-state index contributed by atoms with van der Waals surface area (Å²) >= 11 is 1.68. The monoisotopic (exact) mass is 479 g/mol. The van der Waals surface area contributed by atoms with Gasteiger partial charge in [-0.25, -0.2) is 9.59 Å². The zero-order valence-corrected chi connectivity index (χ0v) is 20.5. The van der Waals surface area contributed by atoms with E-state index in [1.807, 2.05) is 38.1 Å². The second-order valence-corrected chi connectivity index (χ2v) is 9.40. The molecule has 1 N–H and O–H groups in total. The summed E-state index contributed by atoms with van der Waals surface area (Å²) in [5.74, 6) is 0.171. The number of aryl methyl sites for hydroxylation is 1. The SMILES string of the molecule is CCCCOC(=O)OC1=C(C)NC2=C(C(=O)OC2)C1c1ccccc1SCc1ccc(C)cc1. The Morgan fingerprint density at radius 3 is 2.68 bits per heavy atom. The fourth-order valence-corrected chi connectivity index (χ4v) is 5.04. The number of rotatable bonds is 8. The number of ether oxygens (including phenoxy) is 3. The minimum absolute atomic E-state index is 0.176. The van der Waals surface area contributed by atoms with E-state index in [1.165, 1.54) is 11.1 Å². The Bertz CT molecular complexity index is 1140. The predicted molar refractivity (Wildman–Crippen MR) is 131 cm³/mol. The van der Waals surface area contributed by atoms with Gasteiger partial charge in [-0.2, -0.15) is 0 Å². The number of thioether (sulfide) groups is 1. The van der Waals surface area contributed by atoms with E-state index in [0.717, 1.165) is 29.1 Å². The number of unbranched alkanes of at least 4 members (excludes halogenated alkanes) is 1. The average molecular weight is 480 g/mol. The Hall–Kier alpha value is -3.19. The molecule has 2 aliphatic rings. The third kappa shape index (κ3) is 5.30. The number of hydrogen-bond donors (Lipinski definition) is 1. The second-order valence-electron chi connectivity index (χ2n) is 8.38. The Morgan fingerprint density at radius 1 is 1.15 bits per heavy atom. The van der Waals surface area contributed by atoms with Gasteiger partial charge < -0.3 is 19.5 Å². The standard InChI is InChI=1S/C27H29NO5S/c1-4-5-14-31-27(30)33-25-18(3)28-21-15-32-26(29)24(21)23(25)20-8-6-7-9-22(20)34-16-19-12-10-17(2)11-13-19/h6-13,23,28H,4-5,14-16H2,1-3H3. The van der Waals surface area contributed by atoms with Crippen LogP contribution in [0.25, 0.3) is 0 Å². The van der Waals surface area contributed by atoms with Gasteiger partial charge in [-0.15, -0.1) is 11.8 Å². The van der Waals surface area contributed by atoms with E-state index >= 15 is 0 Å². The van der Waals surface area contributed by atoms with Crippen LogP contribution in [-0.4, -0.2) is 25.3 Å². The fraction of sp³-hybridized carbons (Fsp3) is 0.333. The van der Waals surface area contributed by atoms with E-state index in [1.54, 1.807) is 11.8 Å². The highest BCUT2D eigenvalue weighted by molar-refractivity contribution is 7.98. The van der Waals surface area contributed by atoms with E-state index in [-0.39, 0.29) is 6.61 Å². The Labute approximate surface area is 204 Å². The highest BCUT2D eigenvalue weighted by Crippen LogP contribution is 2.44. The summed E-state index contributed by atoms with van der Waals surface area (Å²) in [4.78, 5) is 26.2. The molecule has 0 saturated carbocycles. The van der Waals surface area contributed by atoms with Crippen molar-refractivity contribution < 1.29 is 23.8 Å². The molecule has 1 unspecified atom stereocenters. The van der Waals surface area contributed by atoms with E-state index < -0.39 is 18.0 Å². The topological polar surface area (TPSA) is 73.9 Å². The molecule has 0 spiro atoms. The summed E-state index contributed by atoms with van der Waals surface area (Å²) in [6, 6.07) is 16.3. The van der Waals surface area contributed by atoms with Crippen LogP contribution >= 0.6 is 11.8 Å². The average Bonchev–Trinajstić information content (AvgIpc) is 3.19. The third-order valence-electron chi connectivity index (χ3n) is 5.81. The van der Waals surface area contributed by atoms with Gasteiger partial charge in [0.2, 0.25) is 0 Å². The van der Waals surface area contributed by atoms with Crippen molar-refractivity contribution in [2.75, 3.05) is 13.2 Å². The molecule has 0 aliphatic carbocycles. The van der Waals surface area contributed by atoms with E-state index in [4.69, 9.17) is 14.2 Å². The van der Waals surface area contributed by atoms with Crippen LogP contribution in [0.2, 0.25) is 0 Å². The van der Waals surface area contributed by atoms with Crippen LogP contribution in [-0.2, 0) is 24.8 Å². The Morgan fingerprint density at radius 2 is 1.91 bits per heavy atom. The van der Waals surface area contributed by atoms with Crippen LogP contribution in [0.4, 0.5) is 4.79 Å². The van der Waals surface area contributed by atoms with Gasteiger partial charge in [-0.1, -0.05) is 61.4 Å². The fourth-order valence-electron chi connectivity index (χ4n) is 3.99. The molecule has 2 aliphatic heterocycles. The maximum atomic E-state index is 12.7. The van der Waals surface area contributed by atoms with Crippen molar-refractivity contribution in [2.45, 2.75) is 50.2 Å². The molecule has 0 bridgehead atoms. The number of cyclic esters (lactones) is 1. The van der Waals surface area contributed by atoms with Crippen molar-refractivity contribution >= 4 is 23.9 Å². The molecule has 2 aromatic carbocycles. The van der Waals surface area contributed by atoms with Crippen LogP contribution in [0.5, 0.6) is 0 Å². The maximum Gasteiger partial charge on any atom is 0.513 e. The van der Waals surface area contributed by atoms with Gasteiger partial charge in [0.05, 0.1) is 29.5 Å². The van der Waals surface area contributed by atoms with Gasteiger partial charge >= 0.3 is 12.1 Å². The lowest BCUT2D eigenvalue weighted by Gasteiger charge is -2.28. The molecule has 0 amide bonds. The number of nitrogens with one attached hydrogen (secondary N) is 1. The maximum absolute atomic E-state index is 12.7. The normalized spacial score (nSPS) is 17.3. The zero-order chi connectivity index (χ0) is 24.1. The predicted octanol–water partition coefficient (Wildman–Crippen LogP) is 5.97. The molecule has 178 valence electrons. The number of carbonyl (C=O) groups excluding carboxylic acids is 2. The molecule has 2 aromatic rings. The van der Waals surface area contributed by atoms with Gasteiger partial charge in [0.1, 0.15) is 12.4 Å². The first-order chi connectivity index (χ1) is 16.5. The van der Waals surface area contributed by atoms with Crippen molar-refractivity contribution in [3.05, 3.63) is 87.9 Å². The summed E-state index contributed by atoms with van der Waals surface area (Å²) in [6.45, 7) is 6.39. The number of carbonyl (C=O) groups is 2. The number of dihydropyridines is 1. The molecule has 34 heavy (non-hydrogen) atoms. The molecule has 0 aromatic heterocycles. The number of hydrogen-bond acceptors (Lipinski definition) is 7. The molecular weight excluding hydrogens is 450 g/mol. The quantitative estimate of drug-likeness (QED) is 0.284. The lowest BCUT2D eigenvalue weighted by Crippen LogP contribution is -2.28. The van der Waals surface area contributed by atoms with Crippen LogP contribution in [0.3, 0.4) is 0 Å². The van der Waals surface area contributed by atoms with E-state index in [9.17, 15) is 9.59 Å². The molecular formula is C27H29NO5S. The molecule has 2 heterocycles. The second kappa shape index (κ2) is 10.8. The van der Waals surface area contributed by atoms with Crippen LogP contribution in [0.15, 0.2) is 76.2 Å². The van der Waals surface area contributed by atoms with Gasteiger partial charge in [-0.05, 0) is 37.5 Å². The van der Waals surface area contributed by atoms with Crippen molar-refractivity contribution in [2.24, 2.45) is 0 Å². The number of allylic oxidation sites excluding steroid dienone is 2. The van der Waals surface area contributed by atoms with Crippen LogP contribution < -0.4 is 5.32 Å². The first-order valence-corrected chi connectivity index (χ1v) is 12.5. The van der Waals surface area contributed by atoms with E-state index in [2.05, 4.69) is 36.5 Å². The van der Waals surface area contributed by atoms with Crippen molar-refractivity contribution in [3.63, 3.8) is 0 Å². The molecule has 1 atom stereocenters. The van der Waals surface area contributed by atoms with Crippen molar-refractivity contribution in [1.29, 1.82) is 0 Å². The van der Waals surface area contributed by atoms with E-state index in [0.29, 0.717) is 29.3 Å². The molecule has 0 radical (unpaired) electrons. The highest BCUT2D eigenvalue weighted by atomic mass is 32.2. The lowest BCUT2D eigenvalue weighted by molar-refractivity contribution is -0.136. The first kappa shape index (κ1) is 24.0. The van der Waals surface area contributed by atoms with Gasteiger partial charge in [0.25, 0.3) is 0 Å². The first-order valence-electron chi connectivity index (χ1n) is 11.5. The van der Waals surface area contributed by atoms with Crippen molar-refractivity contribution in [1.82, 2.24) is 5.32 Å². The lowest BCUT2D eigenvalue weighted by atomic mass is 9.85. The molecule has 6 nitrogen and oxygen atoms in total. The van der Waals surface area contributed by atoms with Crippen LogP contribution in [0.1, 0.15) is 49.3 Å². The molecule has 0 saturated heterocycles. The molecule has 7 heteroatoms. The minimum atomic E-state index is -0.769. The summed E-state index contributed by atoms with van der Waals surface area (Å²) < 4.78 is 16.3. The van der Waals surface area contributed by atoms with Gasteiger partial charge in [-0.3, -0.25) is 0 Å². The molecule has 4 rings (SSSR count). The smallest absolute Gasteiger partial charge is 0.456 e. The summed E-state index contributed by atoms with van der Waals surface area (Å²) in [6.07, 6.45) is 0.900. The van der Waals surface area contributed by atoms with Gasteiger partial charge in [0, 0.05) is 10.6 Å². The summed E-state index contributed by atoms with van der Waals surface area (Å²) in [5.41, 5.74) is 5.16.